The summed E-state index contributed by atoms with van der Waals surface area (Å²) in [6.07, 6.45) is 0. The third-order valence-electron chi connectivity index (χ3n) is 7.75. The van der Waals surface area contributed by atoms with E-state index in [1.54, 1.807) is 6.07 Å². The summed E-state index contributed by atoms with van der Waals surface area (Å²) in [5, 5.41) is -1.62. The number of rotatable bonds is 2. The highest BCUT2D eigenvalue weighted by Gasteiger charge is 2.35. The summed E-state index contributed by atoms with van der Waals surface area (Å²) in [7, 11) is 0. The summed E-state index contributed by atoms with van der Waals surface area (Å²) in [5.74, 6) is 0. The van der Waals surface area contributed by atoms with Crippen LogP contribution >= 0.6 is 0 Å². The molecule has 0 unspecified atom stereocenters. The molecule has 184 valence electrons. The van der Waals surface area contributed by atoms with Gasteiger partial charge in [0.2, 0.25) is 0 Å². The minimum absolute atomic E-state index is 0.0830. The normalized spacial score (nSPS) is 19.0. The van der Waals surface area contributed by atoms with Gasteiger partial charge in [0.25, 0.3) is 0 Å². The Morgan fingerprint density at radius 2 is 1.08 bits per heavy atom. The quantitative estimate of drug-likeness (QED) is 0.202. The molecule has 0 spiro atoms. The third-order valence-corrected chi connectivity index (χ3v) is 7.75. The van der Waals surface area contributed by atoms with Gasteiger partial charge in [-0.3, -0.25) is 0 Å². The van der Waals surface area contributed by atoms with E-state index in [0.29, 0.717) is 5.56 Å². The summed E-state index contributed by atoms with van der Waals surface area (Å²) < 4.78 is 133. The Hall–Kier alpha value is -4.68. The molecule has 0 aliphatic heterocycles. The highest BCUT2D eigenvalue weighted by atomic mass is 14.4. The average molecular weight is 512 g/mol. The van der Waals surface area contributed by atoms with Gasteiger partial charge in [0, 0.05) is 5.41 Å². The number of hydrogen-bond acceptors (Lipinski definition) is 0. The average Bonchev–Trinajstić information content (AvgIpc) is 3.38. The van der Waals surface area contributed by atoms with Gasteiger partial charge in [-0.05, 0) is 88.9 Å². The van der Waals surface area contributed by atoms with Crippen LogP contribution < -0.4 is 0 Å². The van der Waals surface area contributed by atoms with Gasteiger partial charge in [-0.2, -0.15) is 0 Å². The van der Waals surface area contributed by atoms with Crippen molar-refractivity contribution in [2.45, 2.75) is 19.3 Å². The van der Waals surface area contributed by atoms with Crippen LogP contribution in [0.3, 0.4) is 0 Å². The molecule has 0 bridgehead atoms. The van der Waals surface area contributed by atoms with Crippen molar-refractivity contribution in [3.05, 3.63) is 144 Å². The van der Waals surface area contributed by atoms with Gasteiger partial charge in [-0.15, -0.1) is 0 Å². The van der Waals surface area contributed by atoms with Crippen molar-refractivity contribution in [1.82, 2.24) is 0 Å². The molecule has 0 heterocycles. The number of benzene rings is 7. The Morgan fingerprint density at radius 1 is 0.513 bits per heavy atom. The van der Waals surface area contributed by atoms with E-state index in [2.05, 4.69) is 13.8 Å². The number of hydrogen-bond donors (Lipinski definition) is 0. The summed E-state index contributed by atoms with van der Waals surface area (Å²) in [5.41, 5.74) is 3.11. The van der Waals surface area contributed by atoms with Crippen molar-refractivity contribution in [3.8, 4) is 33.4 Å². The van der Waals surface area contributed by atoms with E-state index in [0.717, 1.165) is 22.3 Å². The molecule has 39 heavy (non-hydrogen) atoms. The lowest BCUT2D eigenvalue weighted by Gasteiger charge is -2.22. The molecule has 7 aromatic carbocycles. The van der Waals surface area contributed by atoms with Gasteiger partial charge < -0.3 is 0 Å². The second-order valence-corrected chi connectivity index (χ2v) is 10.2. The highest BCUT2D eigenvalue weighted by molar-refractivity contribution is 6.21. The summed E-state index contributed by atoms with van der Waals surface area (Å²) in [6, 6.07) is 3.69. The molecule has 0 amide bonds. The Balaban J connectivity index is 1.68. The third kappa shape index (κ3) is 3.18. The van der Waals surface area contributed by atoms with Crippen molar-refractivity contribution >= 4 is 32.3 Å². The van der Waals surface area contributed by atoms with Crippen molar-refractivity contribution in [2.75, 3.05) is 0 Å². The van der Waals surface area contributed by atoms with Crippen LogP contribution in [0, 0.1) is 0 Å². The molecule has 0 nitrogen and oxygen atoms in total. The fourth-order valence-electron chi connectivity index (χ4n) is 5.95. The molecule has 0 N–H and O–H groups in total. The van der Waals surface area contributed by atoms with E-state index in [9.17, 15) is 8.22 Å². The van der Waals surface area contributed by atoms with Crippen LogP contribution in [0.25, 0.3) is 65.7 Å². The molecule has 8 rings (SSSR count). The monoisotopic (exact) mass is 511 g/mol. The zero-order valence-corrected chi connectivity index (χ0v) is 21.0. The zero-order valence-electron chi connectivity index (χ0n) is 36.0. The van der Waals surface area contributed by atoms with Crippen LogP contribution in [-0.4, -0.2) is 0 Å². The van der Waals surface area contributed by atoms with E-state index < -0.39 is 107 Å². The van der Waals surface area contributed by atoms with Crippen LogP contribution in [0.2, 0.25) is 0 Å². The maximum atomic E-state index is 9.38. The molecule has 7 aromatic rings. The van der Waals surface area contributed by atoms with E-state index in [-0.39, 0.29) is 38.1 Å². The second-order valence-electron chi connectivity index (χ2n) is 10.2. The SMILES string of the molecule is [2H]c1c([2H])c([2H])c2c([2H])c(-c3c4c([2H])c([2H])c([2H])c([2H])c4c(-c4ccc5c(c4)-c4ccccc4C5(C)C)c4c([2H])c([2H])c([2H])c([2H])c34)c([2H])c([2H])c2c1[2H]. The lowest BCUT2D eigenvalue weighted by Crippen LogP contribution is -2.14. The fraction of sp³-hybridized carbons (Fsp3) is 0.0769. The molecule has 0 heteroatoms. The summed E-state index contributed by atoms with van der Waals surface area (Å²) >= 11 is 0. The molecule has 1 aliphatic rings. The molecule has 0 saturated carbocycles. The topological polar surface area (TPSA) is 0 Å². The lowest BCUT2D eigenvalue weighted by molar-refractivity contribution is 0.660. The maximum absolute atomic E-state index is 9.38. The second kappa shape index (κ2) is 8.16. The molecule has 0 saturated heterocycles. The van der Waals surface area contributed by atoms with Crippen molar-refractivity contribution < 1.29 is 20.6 Å². The fourth-order valence-corrected chi connectivity index (χ4v) is 5.95. The van der Waals surface area contributed by atoms with Gasteiger partial charge >= 0.3 is 0 Å². The van der Waals surface area contributed by atoms with Crippen molar-refractivity contribution in [3.63, 3.8) is 0 Å². The Bertz CT molecular complexity index is 2830. The molecule has 0 radical (unpaired) electrons. The largest absolute Gasteiger partial charge is 0.0636 e. The maximum Gasteiger partial charge on any atom is 0.0636 e. The van der Waals surface area contributed by atoms with Crippen molar-refractivity contribution in [2.24, 2.45) is 0 Å². The van der Waals surface area contributed by atoms with Crippen molar-refractivity contribution in [1.29, 1.82) is 0 Å². The minimum atomic E-state index is -0.718. The molecule has 0 atom stereocenters. The van der Waals surface area contributed by atoms with E-state index in [1.807, 2.05) is 36.4 Å². The van der Waals surface area contributed by atoms with Crippen LogP contribution in [0.15, 0.2) is 133 Å². The Morgan fingerprint density at radius 3 is 1.77 bits per heavy atom. The lowest BCUT2D eigenvalue weighted by atomic mass is 9.81. The van der Waals surface area contributed by atoms with Gasteiger partial charge in [-0.1, -0.05) is 135 Å². The Labute approximate surface area is 250 Å². The summed E-state index contributed by atoms with van der Waals surface area (Å²) in [6.45, 7) is 4.18. The predicted octanol–water partition coefficient (Wildman–Crippen LogP) is 10.8. The Kier molecular flexibility index (Phi) is 2.51. The molecule has 0 fully saturated rings. The van der Waals surface area contributed by atoms with E-state index in [4.69, 9.17) is 12.3 Å². The van der Waals surface area contributed by atoms with E-state index in [1.165, 1.54) is 0 Å². The van der Waals surface area contributed by atoms with Gasteiger partial charge in [-0.25, -0.2) is 0 Å². The van der Waals surface area contributed by atoms with Crippen LogP contribution in [0.4, 0.5) is 0 Å². The highest BCUT2D eigenvalue weighted by Crippen LogP contribution is 2.51. The molecular formula is C39H28. The van der Waals surface area contributed by atoms with E-state index >= 15 is 0 Å². The van der Waals surface area contributed by atoms with Gasteiger partial charge in [0.1, 0.15) is 0 Å². The van der Waals surface area contributed by atoms with Crippen LogP contribution in [0.5, 0.6) is 0 Å². The van der Waals surface area contributed by atoms with Gasteiger partial charge in [0.05, 0.1) is 20.6 Å². The molecule has 1 aliphatic carbocycles. The predicted molar refractivity (Wildman–Crippen MR) is 167 cm³/mol. The smallest absolute Gasteiger partial charge is 0.0619 e. The number of fused-ring (bicyclic) bond motifs is 6. The van der Waals surface area contributed by atoms with Crippen LogP contribution in [-0.2, 0) is 5.41 Å². The molecular weight excluding hydrogens is 468 g/mol. The van der Waals surface area contributed by atoms with Crippen LogP contribution in [0.1, 0.15) is 45.5 Å². The summed E-state index contributed by atoms with van der Waals surface area (Å²) in [4.78, 5) is 0. The first-order chi connectivity index (χ1) is 25.4. The van der Waals surface area contributed by atoms with Gasteiger partial charge in [0.15, 0.2) is 0 Å². The molecule has 0 aromatic heterocycles. The zero-order chi connectivity index (χ0) is 39.2. The first kappa shape index (κ1) is 12.0. The first-order valence-corrected chi connectivity index (χ1v) is 12.6. The standard InChI is InChI=1S/C39H28/c1-39(2)35-18-10-9-13-29(35)34-24-28(21-22-36(34)39)38-32-16-7-5-14-30(32)37(31-15-6-8-17-33(31)38)27-20-19-25-11-3-4-12-26(25)23-27/h3-24H,1-2H3/i3D,4D,5D,6D,7D,8D,11D,12D,14D,15D,16D,17D,19D,20D,23D. The minimum Gasteiger partial charge on any atom is -0.0619 e. The first-order valence-electron chi connectivity index (χ1n) is 20.1.